The fourth-order valence-corrected chi connectivity index (χ4v) is 5.56. The lowest BCUT2D eigenvalue weighted by atomic mass is 10.0. The molecule has 0 aliphatic carbocycles. The number of amides is 1. The third kappa shape index (κ3) is 5.52. The van der Waals surface area contributed by atoms with Gasteiger partial charge in [0.15, 0.2) is 5.11 Å². The number of thiocarbonyl (C=S) groups is 1. The molecular weight excluding hydrogens is 506 g/mol. The average Bonchev–Trinajstić information content (AvgIpc) is 3.51. The summed E-state index contributed by atoms with van der Waals surface area (Å²) in [5.74, 6) is 0.762. The van der Waals surface area contributed by atoms with E-state index in [1.807, 2.05) is 54.6 Å². The number of hydrogen-bond donors (Lipinski definition) is 2. The second-order valence-electron chi connectivity index (χ2n) is 9.56. The first-order valence-corrected chi connectivity index (χ1v) is 13.6. The summed E-state index contributed by atoms with van der Waals surface area (Å²) in [6.45, 7) is 4.64. The molecule has 4 aromatic rings. The van der Waals surface area contributed by atoms with E-state index in [9.17, 15) is 4.79 Å². The SMILES string of the molecule is CCc1ccccc1NC(=O)CCN1C(=S)NC(c2ccccn2)C1c1ccc(C)n1-c1ccc(OC)cc1. The molecule has 2 aromatic carbocycles. The molecule has 2 unspecified atom stereocenters. The van der Waals surface area contributed by atoms with Crippen molar-refractivity contribution in [3.8, 4) is 11.4 Å². The first kappa shape index (κ1) is 26.4. The maximum atomic E-state index is 13.1. The predicted molar refractivity (Wildman–Crippen MR) is 158 cm³/mol. The van der Waals surface area contributed by atoms with Crippen LogP contribution in [0.4, 0.5) is 5.69 Å². The molecule has 0 spiro atoms. The fourth-order valence-electron chi connectivity index (χ4n) is 5.23. The fraction of sp³-hybridized carbons (Fsp3) is 0.258. The Morgan fingerprint density at radius 2 is 1.82 bits per heavy atom. The molecule has 3 heterocycles. The number of ether oxygens (including phenoxy) is 1. The Hall–Kier alpha value is -4.17. The summed E-state index contributed by atoms with van der Waals surface area (Å²) in [4.78, 5) is 19.8. The number of carbonyl (C=O) groups is 1. The molecule has 1 aliphatic heterocycles. The number of nitrogens with one attached hydrogen (secondary N) is 2. The van der Waals surface area contributed by atoms with Gasteiger partial charge < -0.3 is 24.8 Å². The molecule has 0 radical (unpaired) electrons. The van der Waals surface area contributed by atoms with Crippen molar-refractivity contribution in [3.05, 3.63) is 108 Å². The Morgan fingerprint density at radius 3 is 2.54 bits per heavy atom. The highest BCUT2D eigenvalue weighted by atomic mass is 32.1. The normalized spacial score (nSPS) is 16.7. The minimum atomic E-state index is -0.172. The zero-order valence-electron chi connectivity index (χ0n) is 22.4. The summed E-state index contributed by atoms with van der Waals surface area (Å²) in [6.07, 6.45) is 2.95. The van der Waals surface area contributed by atoms with Crippen LogP contribution < -0.4 is 15.4 Å². The summed E-state index contributed by atoms with van der Waals surface area (Å²) in [5.41, 5.74) is 6.07. The molecule has 2 atom stereocenters. The smallest absolute Gasteiger partial charge is 0.226 e. The van der Waals surface area contributed by atoms with E-state index < -0.39 is 0 Å². The van der Waals surface area contributed by atoms with Crippen LogP contribution in [0.25, 0.3) is 5.69 Å². The molecule has 1 aliphatic rings. The van der Waals surface area contributed by atoms with Gasteiger partial charge in [-0.3, -0.25) is 9.78 Å². The van der Waals surface area contributed by atoms with Crippen molar-refractivity contribution >= 4 is 28.9 Å². The monoisotopic (exact) mass is 539 g/mol. The van der Waals surface area contributed by atoms with E-state index in [4.69, 9.17) is 17.0 Å². The number of benzene rings is 2. The van der Waals surface area contributed by atoms with E-state index >= 15 is 0 Å². The van der Waals surface area contributed by atoms with Crippen LogP contribution >= 0.6 is 12.2 Å². The second-order valence-corrected chi connectivity index (χ2v) is 9.95. The number of anilines is 1. The highest BCUT2D eigenvalue weighted by Crippen LogP contribution is 2.40. The topological polar surface area (TPSA) is 71.4 Å². The summed E-state index contributed by atoms with van der Waals surface area (Å²) in [6, 6.07) is 25.8. The highest BCUT2D eigenvalue weighted by Gasteiger charge is 2.41. The maximum absolute atomic E-state index is 13.1. The molecule has 8 heteroatoms. The van der Waals surface area contributed by atoms with Crippen molar-refractivity contribution in [1.82, 2.24) is 19.8 Å². The molecule has 39 heavy (non-hydrogen) atoms. The Kier molecular flexibility index (Phi) is 7.93. The van der Waals surface area contributed by atoms with Gasteiger partial charge in [0, 0.05) is 41.9 Å². The zero-order valence-corrected chi connectivity index (χ0v) is 23.2. The van der Waals surface area contributed by atoms with Crippen molar-refractivity contribution < 1.29 is 9.53 Å². The molecule has 1 saturated heterocycles. The number of pyridine rings is 1. The molecule has 0 bridgehead atoms. The third-order valence-electron chi connectivity index (χ3n) is 7.19. The Bertz CT molecular complexity index is 1450. The van der Waals surface area contributed by atoms with Crippen molar-refractivity contribution in [3.63, 3.8) is 0 Å². The van der Waals surface area contributed by atoms with Gasteiger partial charge in [0.1, 0.15) is 5.75 Å². The van der Waals surface area contributed by atoms with Gasteiger partial charge in [0.05, 0.1) is 24.9 Å². The number of aromatic nitrogens is 2. The Morgan fingerprint density at radius 1 is 1.05 bits per heavy atom. The van der Waals surface area contributed by atoms with Crippen molar-refractivity contribution in [2.75, 3.05) is 19.0 Å². The minimum Gasteiger partial charge on any atom is -0.497 e. The van der Waals surface area contributed by atoms with Crippen LogP contribution in [0.15, 0.2) is 85.1 Å². The van der Waals surface area contributed by atoms with E-state index in [1.54, 1.807) is 13.3 Å². The van der Waals surface area contributed by atoms with Gasteiger partial charge in [-0.15, -0.1) is 0 Å². The molecule has 2 aromatic heterocycles. The van der Waals surface area contributed by atoms with E-state index in [0.29, 0.717) is 18.1 Å². The van der Waals surface area contributed by atoms with Crippen LogP contribution in [0, 0.1) is 6.92 Å². The van der Waals surface area contributed by atoms with E-state index in [-0.39, 0.29) is 18.0 Å². The second kappa shape index (κ2) is 11.7. The first-order chi connectivity index (χ1) is 19.0. The first-order valence-electron chi connectivity index (χ1n) is 13.2. The van der Waals surface area contributed by atoms with Gasteiger partial charge >= 0.3 is 0 Å². The van der Waals surface area contributed by atoms with Crippen molar-refractivity contribution in [2.45, 2.75) is 38.8 Å². The number of aryl methyl sites for hydroxylation is 2. The molecule has 0 saturated carbocycles. The van der Waals surface area contributed by atoms with Crippen molar-refractivity contribution in [2.24, 2.45) is 0 Å². The van der Waals surface area contributed by atoms with E-state index in [0.717, 1.165) is 46.2 Å². The summed E-state index contributed by atoms with van der Waals surface area (Å²) in [5, 5.41) is 7.20. The lowest BCUT2D eigenvalue weighted by Crippen LogP contribution is -2.33. The van der Waals surface area contributed by atoms with Gasteiger partial charge in [-0.05, 0) is 85.7 Å². The van der Waals surface area contributed by atoms with E-state index in [2.05, 4.69) is 63.2 Å². The standard InChI is InChI=1S/C31H33N5O2S/c1-4-22-9-5-6-10-25(22)33-28(37)18-20-35-30(29(34-31(35)39)26-11-7-8-19-32-26)27-17-12-21(2)36(27)23-13-15-24(38-3)16-14-23/h5-17,19,29-30H,4,18,20H2,1-3H3,(H,33,37)(H,34,39). The largest absolute Gasteiger partial charge is 0.497 e. The third-order valence-corrected chi connectivity index (χ3v) is 7.54. The Labute approximate surface area is 234 Å². The molecular formula is C31H33N5O2S. The molecule has 5 rings (SSSR count). The quantitative estimate of drug-likeness (QED) is 0.264. The number of methoxy groups -OCH3 is 1. The van der Waals surface area contributed by atoms with Crippen molar-refractivity contribution in [1.29, 1.82) is 0 Å². The van der Waals surface area contributed by atoms with E-state index in [1.165, 1.54) is 0 Å². The van der Waals surface area contributed by atoms with Crippen LogP contribution in [0.1, 0.15) is 48.1 Å². The van der Waals surface area contributed by atoms with Crippen LogP contribution in [0.3, 0.4) is 0 Å². The molecule has 1 fully saturated rings. The van der Waals surface area contributed by atoms with Gasteiger partial charge in [0.2, 0.25) is 5.91 Å². The lowest BCUT2D eigenvalue weighted by Gasteiger charge is -2.29. The van der Waals surface area contributed by atoms with Gasteiger partial charge in [-0.2, -0.15) is 0 Å². The highest BCUT2D eigenvalue weighted by molar-refractivity contribution is 7.80. The summed E-state index contributed by atoms with van der Waals surface area (Å²) >= 11 is 5.84. The predicted octanol–water partition coefficient (Wildman–Crippen LogP) is 5.75. The summed E-state index contributed by atoms with van der Waals surface area (Å²) < 4.78 is 7.61. The minimum absolute atomic E-state index is 0.0412. The summed E-state index contributed by atoms with van der Waals surface area (Å²) in [7, 11) is 1.67. The number of para-hydroxylation sites is 1. The van der Waals surface area contributed by atoms with Crippen LogP contribution in [0.5, 0.6) is 5.75 Å². The number of hydrogen-bond acceptors (Lipinski definition) is 4. The molecule has 1 amide bonds. The molecule has 200 valence electrons. The van der Waals surface area contributed by atoms with Gasteiger partial charge in [0.25, 0.3) is 0 Å². The number of carbonyl (C=O) groups excluding carboxylic acids is 1. The number of rotatable bonds is 9. The van der Waals surface area contributed by atoms with Gasteiger partial charge in [-0.25, -0.2) is 0 Å². The maximum Gasteiger partial charge on any atom is 0.226 e. The van der Waals surface area contributed by atoms with Crippen LogP contribution in [-0.4, -0.2) is 39.1 Å². The lowest BCUT2D eigenvalue weighted by molar-refractivity contribution is -0.116. The molecule has 2 N–H and O–H groups in total. The van der Waals surface area contributed by atoms with Gasteiger partial charge in [-0.1, -0.05) is 31.2 Å². The average molecular weight is 540 g/mol. The van der Waals surface area contributed by atoms with Crippen LogP contribution in [0.2, 0.25) is 0 Å². The van der Waals surface area contributed by atoms with Crippen LogP contribution in [-0.2, 0) is 11.2 Å². The number of nitrogens with zero attached hydrogens (tertiary/aromatic N) is 3. The Balaban J connectivity index is 1.46. The zero-order chi connectivity index (χ0) is 27.4. The molecule has 7 nitrogen and oxygen atoms in total.